The van der Waals surface area contributed by atoms with Crippen LogP contribution in [0.3, 0.4) is 0 Å². The Morgan fingerprint density at radius 2 is 2.45 bits per heavy atom. The number of amides is 2. The van der Waals surface area contributed by atoms with E-state index in [2.05, 4.69) is 17.2 Å². The van der Waals surface area contributed by atoms with E-state index in [0.717, 1.165) is 44.8 Å². The van der Waals surface area contributed by atoms with Crippen molar-refractivity contribution in [3.8, 4) is 0 Å². The van der Waals surface area contributed by atoms with Crippen LogP contribution in [0.2, 0.25) is 0 Å². The Morgan fingerprint density at radius 3 is 3.09 bits per heavy atom. The smallest absolute Gasteiger partial charge is 0.317 e. The van der Waals surface area contributed by atoms with Gasteiger partial charge in [0.15, 0.2) is 0 Å². The van der Waals surface area contributed by atoms with E-state index in [9.17, 15) is 4.79 Å². The van der Waals surface area contributed by atoms with Gasteiger partial charge < -0.3 is 19.5 Å². The molecule has 124 valence electrons. The lowest BCUT2D eigenvalue weighted by molar-refractivity contribution is 0.0518. The number of hydrogen-bond acceptors (Lipinski definition) is 3. The fraction of sp³-hybridized carbons (Fsp3) is 0.750. The summed E-state index contributed by atoms with van der Waals surface area (Å²) in [4.78, 5) is 18.5. The van der Waals surface area contributed by atoms with E-state index in [1.807, 2.05) is 22.7 Å². The molecule has 1 aliphatic rings. The highest BCUT2D eigenvalue weighted by Gasteiger charge is 2.17. The van der Waals surface area contributed by atoms with Crippen LogP contribution in [0.4, 0.5) is 4.79 Å². The monoisotopic (exact) mass is 308 g/mol. The normalized spacial score (nSPS) is 18.2. The number of urea groups is 1. The Bertz CT molecular complexity index is 455. The van der Waals surface area contributed by atoms with Gasteiger partial charge >= 0.3 is 6.03 Å². The van der Waals surface area contributed by atoms with E-state index in [0.29, 0.717) is 19.0 Å². The van der Waals surface area contributed by atoms with Crippen LogP contribution < -0.4 is 5.32 Å². The Labute approximate surface area is 132 Å². The molecule has 1 aliphatic heterocycles. The van der Waals surface area contributed by atoms with Crippen LogP contribution in [-0.4, -0.2) is 46.8 Å². The molecule has 6 heteroatoms. The number of rotatable bonds is 7. The molecule has 1 aromatic rings. The van der Waals surface area contributed by atoms with Crippen LogP contribution in [0.1, 0.15) is 38.4 Å². The van der Waals surface area contributed by atoms with Crippen molar-refractivity contribution >= 4 is 6.03 Å². The predicted octanol–water partition coefficient (Wildman–Crippen LogP) is 2.16. The van der Waals surface area contributed by atoms with Gasteiger partial charge in [-0.25, -0.2) is 9.78 Å². The van der Waals surface area contributed by atoms with Gasteiger partial charge in [0.25, 0.3) is 0 Å². The highest BCUT2D eigenvalue weighted by molar-refractivity contribution is 5.74. The van der Waals surface area contributed by atoms with Crippen molar-refractivity contribution in [2.24, 2.45) is 13.0 Å². The molecule has 1 aromatic heterocycles. The molecule has 2 amide bonds. The minimum Gasteiger partial charge on any atom is -0.381 e. The van der Waals surface area contributed by atoms with Crippen molar-refractivity contribution in [1.82, 2.24) is 19.8 Å². The number of carbonyl (C=O) groups is 1. The van der Waals surface area contributed by atoms with Crippen molar-refractivity contribution < 1.29 is 9.53 Å². The maximum Gasteiger partial charge on any atom is 0.317 e. The fourth-order valence-electron chi connectivity index (χ4n) is 2.77. The molecule has 0 radical (unpaired) electrons. The molecule has 1 atom stereocenters. The summed E-state index contributed by atoms with van der Waals surface area (Å²) in [7, 11) is 1.95. The first-order valence-corrected chi connectivity index (χ1v) is 8.27. The van der Waals surface area contributed by atoms with Crippen molar-refractivity contribution in [1.29, 1.82) is 0 Å². The van der Waals surface area contributed by atoms with Gasteiger partial charge in [0.2, 0.25) is 0 Å². The Kier molecular flexibility index (Phi) is 6.71. The third-order valence-electron chi connectivity index (χ3n) is 4.12. The van der Waals surface area contributed by atoms with Crippen LogP contribution in [0.25, 0.3) is 0 Å². The van der Waals surface area contributed by atoms with Crippen molar-refractivity contribution in [3.63, 3.8) is 0 Å². The zero-order valence-electron chi connectivity index (χ0n) is 13.8. The third kappa shape index (κ3) is 5.02. The Hall–Kier alpha value is -1.56. The molecular formula is C16H28N4O2. The van der Waals surface area contributed by atoms with Gasteiger partial charge in [-0.15, -0.1) is 0 Å². The minimum atomic E-state index is 0.00146. The van der Waals surface area contributed by atoms with Crippen LogP contribution in [0.15, 0.2) is 12.4 Å². The van der Waals surface area contributed by atoms with E-state index in [1.54, 1.807) is 6.20 Å². The van der Waals surface area contributed by atoms with E-state index >= 15 is 0 Å². The first-order valence-electron chi connectivity index (χ1n) is 8.27. The molecule has 0 unspecified atom stereocenters. The number of ether oxygens (including phenoxy) is 1. The number of nitrogens with one attached hydrogen (secondary N) is 1. The average molecular weight is 308 g/mol. The first kappa shape index (κ1) is 16.8. The van der Waals surface area contributed by atoms with Gasteiger partial charge in [0.1, 0.15) is 5.82 Å². The molecule has 1 saturated heterocycles. The highest BCUT2D eigenvalue weighted by atomic mass is 16.5. The lowest BCUT2D eigenvalue weighted by atomic mass is 9.99. The summed E-state index contributed by atoms with van der Waals surface area (Å²) < 4.78 is 7.43. The van der Waals surface area contributed by atoms with Crippen LogP contribution in [0, 0.1) is 5.92 Å². The zero-order chi connectivity index (χ0) is 15.8. The fourth-order valence-corrected chi connectivity index (χ4v) is 2.77. The molecule has 22 heavy (non-hydrogen) atoms. The molecule has 0 spiro atoms. The molecule has 1 fully saturated rings. The maximum atomic E-state index is 12.4. The number of imidazole rings is 1. The van der Waals surface area contributed by atoms with Crippen molar-refractivity contribution in [3.05, 3.63) is 18.2 Å². The van der Waals surface area contributed by atoms with E-state index in [4.69, 9.17) is 4.74 Å². The minimum absolute atomic E-state index is 0.00146. The number of aromatic nitrogens is 2. The third-order valence-corrected chi connectivity index (χ3v) is 4.12. The average Bonchev–Trinajstić information content (AvgIpc) is 2.93. The molecule has 1 N–H and O–H groups in total. The Morgan fingerprint density at radius 1 is 1.59 bits per heavy atom. The predicted molar refractivity (Wildman–Crippen MR) is 85.5 cm³/mol. The van der Waals surface area contributed by atoms with Crippen LogP contribution in [0.5, 0.6) is 0 Å². The van der Waals surface area contributed by atoms with Gasteiger partial charge in [-0.2, -0.15) is 0 Å². The van der Waals surface area contributed by atoms with Crippen LogP contribution in [-0.2, 0) is 18.3 Å². The maximum absolute atomic E-state index is 12.4. The van der Waals surface area contributed by atoms with Gasteiger partial charge in [0, 0.05) is 45.7 Å². The first-order chi connectivity index (χ1) is 10.7. The summed E-state index contributed by atoms with van der Waals surface area (Å²) in [6, 6.07) is 0.00146. The molecule has 0 bridgehead atoms. The molecule has 2 heterocycles. The topological polar surface area (TPSA) is 59.4 Å². The molecule has 6 nitrogen and oxygen atoms in total. The summed E-state index contributed by atoms with van der Waals surface area (Å²) in [5, 5.41) is 3.04. The summed E-state index contributed by atoms with van der Waals surface area (Å²) in [5.74, 6) is 1.49. The second-order valence-electron chi connectivity index (χ2n) is 5.98. The van der Waals surface area contributed by atoms with Crippen LogP contribution >= 0.6 is 0 Å². The number of nitrogens with zero attached hydrogens (tertiary/aromatic N) is 3. The van der Waals surface area contributed by atoms with Crippen molar-refractivity contribution in [2.75, 3.05) is 26.3 Å². The van der Waals surface area contributed by atoms with E-state index in [-0.39, 0.29) is 6.03 Å². The number of carbonyl (C=O) groups excluding carboxylic acids is 1. The van der Waals surface area contributed by atoms with Gasteiger partial charge in [-0.05, 0) is 31.6 Å². The second kappa shape index (κ2) is 8.78. The van der Waals surface area contributed by atoms with Gasteiger partial charge in [0.05, 0.1) is 6.54 Å². The van der Waals surface area contributed by atoms with E-state index < -0.39 is 0 Å². The summed E-state index contributed by atoms with van der Waals surface area (Å²) in [5.41, 5.74) is 0. The summed E-state index contributed by atoms with van der Waals surface area (Å²) in [6.45, 7) is 5.81. The lowest BCUT2D eigenvalue weighted by Gasteiger charge is -2.24. The molecular weight excluding hydrogens is 280 g/mol. The molecule has 2 rings (SSSR count). The van der Waals surface area contributed by atoms with Crippen molar-refractivity contribution in [2.45, 2.75) is 39.2 Å². The standard InChI is InChI=1S/C16H28N4O2/c1-3-9-20(12-15-17-8-10-19(15)2)16(21)18-7-6-14-5-4-11-22-13-14/h8,10,14H,3-7,9,11-13H2,1-2H3,(H,18,21)/t14-/m0/s1. The number of aryl methyl sites for hydroxylation is 1. The quantitative estimate of drug-likeness (QED) is 0.839. The van der Waals surface area contributed by atoms with E-state index in [1.165, 1.54) is 6.42 Å². The Balaban J connectivity index is 1.77. The summed E-state index contributed by atoms with van der Waals surface area (Å²) >= 11 is 0. The summed E-state index contributed by atoms with van der Waals surface area (Å²) in [6.07, 6.45) is 7.95. The molecule has 0 saturated carbocycles. The van der Waals surface area contributed by atoms with Gasteiger partial charge in [-0.3, -0.25) is 0 Å². The lowest BCUT2D eigenvalue weighted by Crippen LogP contribution is -2.41. The molecule has 0 aliphatic carbocycles. The molecule has 0 aromatic carbocycles. The number of hydrogen-bond donors (Lipinski definition) is 1. The highest BCUT2D eigenvalue weighted by Crippen LogP contribution is 2.16. The SMILES string of the molecule is CCCN(Cc1nccn1C)C(=O)NCC[C@@H]1CCCOC1. The largest absolute Gasteiger partial charge is 0.381 e. The van der Waals surface area contributed by atoms with Gasteiger partial charge in [-0.1, -0.05) is 6.92 Å². The zero-order valence-corrected chi connectivity index (χ0v) is 13.8. The second-order valence-corrected chi connectivity index (χ2v) is 5.98.